The minimum atomic E-state index is 0.185. The fraction of sp³-hybridized carbons (Fsp3) is 0.714. The van der Waals surface area contributed by atoms with Gasteiger partial charge in [-0.1, -0.05) is 43.4 Å². The van der Waals surface area contributed by atoms with Crippen LogP contribution < -0.4 is 0 Å². The van der Waals surface area contributed by atoms with Crippen molar-refractivity contribution in [3.8, 4) is 0 Å². The number of halogens is 1. The van der Waals surface area contributed by atoms with E-state index >= 15 is 0 Å². The number of alkyl halides is 1. The van der Waals surface area contributed by atoms with Gasteiger partial charge < -0.3 is 4.57 Å². The van der Waals surface area contributed by atoms with E-state index in [0.717, 1.165) is 0 Å². The summed E-state index contributed by atoms with van der Waals surface area (Å²) in [5.41, 5.74) is 6.06. The summed E-state index contributed by atoms with van der Waals surface area (Å²) in [5, 5.41) is 0. The molecule has 0 aliphatic heterocycles. The van der Waals surface area contributed by atoms with Crippen LogP contribution in [-0.2, 0) is 15.9 Å². The molecule has 1 aromatic heterocycles. The van der Waals surface area contributed by atoms with Crippen LogP contribution in [0.1, 0.15) is 57.1 Å². The molecule has 0 atom stereocenters. The minimum absolute atomic E-state index is 0.185. The molecule has 16 heavy (non-hydrogen) atoms. The summed E-state index contributed by atoms with van der Waals surface area (Å²) in [6.07, 6.45) is 0. The second kappa shape index (κ2) is 4.04. The monoisotopic (exact) mass is 333 g/mol. The van der Waals surface area contributed by atoms with Crippen LogP contribution in [0.5, 0.6) is 0 Å². The zero-order chi connectivity index (χ0) is 12.9. The highest BCUT2D eigenvalue weighted by atomic mass is 127. The summed E-state index contributed by atoms with van der Waals surface area (Å²) in [4.78, 5) is 0. The van der Waals surface area contributed by atoms with E-state index in [-0.39, 0.29) is 8.84 Å². The van der Waals surface area contributed by atoms with Crippen LogP contribution in [0, 0.1) is 13.8 Å². The lowest BCUT2D eigenvalue weighted by atomic mass is 9.83. The van der Waals surface area contributed by atoms with Crippen LogP contribution in [-0.4, -0.2) is 4.57 Å². The van der Waals surface area contributed by atoms with Gasteiger partial charge in [-0.05, 0) is 44.2 Å². The molecule has 0 aliphatic rings. The number of hydrogen-bond donors (Lipinski definition) is 0. The van der Waals surface area contributed by atoms with Crippen molar-refractivity contribution in [1.29, 1.82) is 0 Å². The Balaban J connectivity index is 3.59. The van der Waals surface area contributed by atoms with Crippen LogP contribution in [0.2, 0.25) is 0 Å². The summed E-state index contributed by atoms with van der Waals surface area (Å²) in [7, 11) is 2.19. The summed E-state index contributed by atoms with van der Waals surface area (Å²) >= 11 is 2.53. The number of hydrogen-bond acceptors (Lipinski definition) is 0. The molecule has 2 heteroatoms. The Morgan fingerprint density at radius 3 is 1.62 bits per heavy atom. The highest BCUT2D eigenvalue weighted by Gasteiger charge is 2.30. The topological polar surface area (TPSA) is 4.93 Å². The van der Waals surface area contributed by atoms with E-state index in [0.29, 0.717) is 0 Å². The van der Waals surface area contributed by atoms with Crippen LogP contribution in [0.3, 0.4) is 0 Å². The van der Waals surface area contributed by atoms with Crippen LogP contribution in [0.25, 0.3) is 0 Å². The molecule has 0 unspecified atom stereocenters. The molecular weight excluding hydrogens is 309 g/mol. The summed E-state index contributed by atoms with van der Waals surface area (Å²) < 4.78 is 2.55. The van der Waals surface area contributed by atoms with Gasteiger partial charge in [0.15, 0.2) is 0 Å². The highest BCUT2D eigenvalue weighted by molar-refractivity contribution is 14.1. The zero-order valence-corrected chi connectivity index (χ0v) is 14.0. The fourth-order valence-electron chi connectivity index (χ4n) is 2.93. The fourth-order valence-corrected chi connectivity index (χ4v) is 3.69. The molecule has 0 bridgehead atoms. The van der Waals surface area contributed by atoms with Crippen molar-refractivity contribution in [3.63, 3.8) is 0 Å². The first-order valence-corrected chi connectivity index (χ1v) is 6.91. The van der Waals surface area contributed by atoms with E-state index in [4.69, 9.17) is 0 Å². The van der Waals surface area contributed by atoms with E-state index < -0.39 is 0 Å². The van der Waals surface area contributed by atoms with Gasteiger partial charge in [0.2, 0.25) is 0 Å². The van der Waals surface area contributed by atoms with E-state index in [1.54, 1.807) is 0 Å². The SMILES string of the molecule is Cc1c(C(C)(C)C)c(C)n(C)c1C(C)(C)I. The van der Waals surface area contributed by atoms with Gasteiger partial charge in [0, 0.05) is 18.4 Å². The van der Waals surface area contributed by atoms with E-state index in [1.165, 1.54) is 22.5 Å². The van der Waals surface area contributed by atoms with Crippen molar-refractivity contribution in [3.05, 3.63) is 22.5 Å². The van der Waals surface area contributed by atoms with Crippen LogP contribution in [0.4, 0.5) is 0 Å². The van der Waals surface area contributed by atoms with Gasteiger partial charge in [-0.25, -0.2) is 0 Å². The van der Waals surface area contributed by atoms with Gasteiger partial charge in [-0.3, -0.25) is 0 Å². The first kappa shape index (κ1) is 14.1. The molecule has 0 aliphatic carbocycles. The lowest BCUT2D eigenvalue weighted by Gasteiger charge is -2.22. The maximum Gasteiger partial charge on any atom is 0.0568 e. The molecular formula is C14H24IN. The third-order valence-electron chi connectivity index (χ3n) is 3.24. The van der Waals surface area contributed by atoms with Gasteiger partial charge in [0.25, 0.3) is 0 Å². The van der Waals surface area contributed by atoms with E-state index in [2.05, 4.69) is 82.7 Å². The minimum Gasteiger partial charge on any atom is -0.350 e. The van der Waals surface area contributed by atoms with E-state index in [1.807, 2.05) is 0 Å². The van der Waals surface area contributed by atoms with Crippen molar-refractivity contribution in [2.45, 2.75) is 57.3 Å². The van der Waals surface area contributed by atoms with Crippen molar-refractivity contribution < 1.29 is 0 Å². The molecule has 0 amide bonds. The summed E-state index contributed by atoms with van der Waals surface area (Å²) in [6, 6.07) is 0. The Labute approximate surface area is 114 Å². The summed E-state index contributed by atoms with van der Waals surface area (Å²) in [6.45, 7) is 16.0. The number of rotatable bonds is 1. The Morgan fingerprint density at radius 2 is 1.44 bits per heavy atom. The lowest BCUT2D eigenvalue weighted by Crippen LogP contribution is -2.14. The third kappa shape index (κ3) is 2.31. The van der Waals surface area contributed by atoms with Crippen LogP contribution >= 0.6 is 22.6 Å². The maximum atomic E-state index is 2.53. The van der Waals surface area contributed by atoms with Gasteiger partial charge in [-0.15, -0.1) is 0 Å². The maximum absolute atomic E-state index is 2.53. The van der Waals surface area contributed by atoms with E-state index in [9.17, 15) is 0 Å². The van der Waals surface area contributed by atoms with Crippen molar-refractivity contribution >= 4 is 22.6 Å². The average Bonchev–Trinajstić information content (AvgIpc) is 2.19. The van der Waals surface area contributed by atoms with Gasteiger partial charge in [0.1, 0.15) is 0 Å². The third-order valence-corrected chi connectivity index (χ3v) is 3.75. The molecule has 1 rings (SSSR count). The molecule has 0 aromatic carbocycles. The number of nitrogens with zero attached hydrogens (tertiary/aromatic N) is 1. The smallest absolute Gasteiger partial charge is 0.0568 e. The van der Waals surface area contributed by atoms with Gasteiger partial charge in [0.05, 0.1) is 3.42 Å². The Morgan fingerprint density at radius 1 is 1.00 bits per heavy atom. The quantitative estimate of drug-likeness (QED) is 0.522. The highest BCUT2D eigenvalue weighted by Crippen LogP contribution is 2.40. The molecule has 92 valence electrons. The van der Waals surface area contributed by atoms with Gasteiger partial charge >= 0.3 is 0 Å². The first-order chi connectivity index (χ1) is 6.98. The first-order valence-electron chi connectivity index (χ1n) is 5.83. The van der Waals surface area contributed by atoms with Crippen molar-refractivity contribution in [2.75, 3.05) is 0 Å². The molecule has 1 aromatic rings. The summed E-state index contributed by atoms with van der Waals surface area (Å²) in [5.74, 6) is 0. The molecule has 1 heterocycles. The zero-order valence-electron chi connectivity index (χ0n) is 11.8. The predicted octanol–water partition coefficient (Wildman–Crippen LogP) is 4.61. The van der Waals surface area contributed by atoms with Gasteiger partial charge in [-0.2, -0.15) is 0 Å². The molecule has 0 fully saturated rings. The van der Waals surface area contributed by atoms with Crippen molar-refractivity contribution in [2.24, 2.45) is 7.05 Å². The lowest BCUT2D eigenvalue weighted by molar-refractivity contribution is 0.580. The number of aromatic nitrogens is 1. The standard InChI is InChI=1S/C14H24IN/c1-9-11(13(3,4)5)10(2)16(8)12(9)14(6,7)15/h1-8H3. The Bertz CT molecular complexity index is 362. The average molecular weight is 333 g/mol. The second-order valence-corrected chi connectivity index (χ2v) is 8.91. The molecule has 0 saturated heterocycles. The normalized spacial score (nSPS) is 13.3. The molecule has 0 N–H and O–H groups in total. The molecule has 0 saturated carbocycles. The largest absolute Gasteiger partial charge is 0.350 e. The predicted molar refractivity (Wildman–Crippen MR) is 80.6 cm³/mol. The van der Waals surface area contributed by atoms with Crippen LogP contribution in [0.15, 0.2) is 0 Å². The second-order valence-electron chi connectivity index (χ2n) is 6.22. The van der Waals surface area contributed by atoms with Crippen molar-refractivity contribution in [1.82, 2.24) is 4.57 Å². The molecule has 0 spiro atoms. The Kier molecular flexibility index (Phi) is 3.55. The molecule has 0 radical (unpaired) electrons. The Hall–Kier alpha value is 0.01000. The molecule has 1 nitrogen and oxygen atoms in total.